The second-order valence-electron chi connectivity index (χ2n) is 3.89. The van der Waals surface area contributed by atoms with Crippen molar-refractivity contribution in [1.82, 2.24) is 9.55 Å². The number of ether oxygens (including phenoxy) is 2. The van der Waals surface area contributed by atoms with Crippen LogP contribution in [0, 0.1) is 5.82 Å². The quantitative estimate of drug-likeness (QED) is 0.812. The highest BCUT2D eigenvalue weighted by atomic mass is 19.1. The minimum Gasteiger partial charge on any atom is -0.382 e. The average molecular weight is 244 g/mol. The molecule has 17 heavy (non-hydrogen) atoms. The summed E-state index contributed by atoms with van der Waals surface area (Å²) >= 11 is 0. The molecule has 2 unspecified atom stereocenters. The number of nitrogens with zero attached hydrogens (tertiary/aromatic N) is 1. The van der Waals surface area contributed by atoms with E-state index in [0.29, 0.717) is 13.0 Å². The predicted octanol–water partition coefficient (Wildman–Crippen LogP) is -0.000300. The highest BCUT2D eigenvalue weighted by Gasteiger charge is 2.27. The Morgan fingerprint density at radius 2 is 2.35 bits per heavy atom. The van der Waals surface area contributed by atoms with Gasteiger partial charge in [0, 0.05) is 7.11 Å². The van der Waals surface area contributed by atoms with Crippen LogP contribution in [0.3, 0.4) is 0 Å². The van der Waals surface area contributed by atoms with Gasteiger partial charge < -0.3 is 9.47 Å². The van der Waals surface area contributed by atoms with Gasteiger partial charge in [-0.05, 0) is 12.8 Å². The van der Waals surface area contributed by atoms with E-state index in [1.807, 2.05) is 4.98 Å². The fourth-order valence-electron chi connectivity index (χ4n) is 1.87. The number of hydrogen-bond acceptors (Lipinski definition) is 4. The molecule has 2 heterocycles. The first-order chi connectivity index (χ1) is 8.11. The lowest BCUT2D eigenvalue weighted by Crippen LogP contribution is -2.34. The van der Waals surface area contributed by atoms with E-state index in [2.05, 4.69) is 0 Å². The zero-order chi connectivity index (χ0) is 12.4. The second-order valence-corrected chi connectivity index (χ2v) is 3.89. The van der Waals surface area contributed by atoms with Gasteiger partial charge in [-0.15, -0.1) is 0 Å². The summed E-state index contributed by atoms with van der Waals surface area (Å²) in [6, 6.07) is 0. The summed E-state index contributed by atoms with van der Waals surface area (Å²) in [7, 11) is 1.56. The van der Waals surface area contributed by atoms with Crippen LogP contribution in [-0.4, -0.2) is 29.4 Å². The summed E-state index contributed by atoms with van der Waals surface area (Å²) in [6.45, 7) is 0.428. The number of rotatable bonds is 3. The lowest BCUT2D eigenvalue weighted by molar-refractivity contribution is -0.0339. The fraction of sp³-hybridized carbons (Fsp3) is 0.600. The molecule has 0 aromatic carbocycles. The molecule has 1 aromatic heterocycles. The molecule has 0 aliphatic carbocycles. The van der Waals surface area contributed by atoms with Gasteiger partial charge in [0.05, 0.1) is 18.9 Å². The van der Waals surface area contributed by atoms with Crippen molar-refractivity contribution in [1.29, 1.82) is 0 Å². The van der Waals surface area contributed by atoms with Gasteiger partial charge in [-0.1, -0.05) is 0 Å². The highest BCUT2D eigenvalue weighted by Crippen LogP contribution is 2.26. The SMILES string of the molecule is COCC1CCC(n2cc(F)c(=O)[nH]c2=O)O1. The monoisotopic (exact) mass is 244 g/mol. The normalized spacial score (nSPS) is 24.1. The Kier molecular flexibility index (Phi) is 3.39. The summed E-state index contributed by atoms with van der Waals surface area (Å²) in [4.78, 5) is 24.2. The first-order valence-electron chi connectivity index (χ1n) is 5.27. The van der Waals surface area contributed by atoms with Gasteiger partial charge in [0.2, 0.25) is 5.82 Å². The Bertz CT molecular complexity index is 510. The molecule has 2 rings (SSSR count). The lowest BCUT2D eigenvalue weighted by Gasteiger charge is -2.14. The third-order valence-electron chi connectivity index (χ3n) is 2.67. The number of methoxy groups -OCH3 is 1. The van der Waals surface area contributed by atoms with E-state index in [9.17, 15) is 14.0 Å². The second kappa shape index (κ2) is 4.80. The number of H-pyrrole nitrogens is 1. The molecule has 0 radical (unpaired) electrons. The zero-order valence-electron chi connectivity index (χ0n) is 9.31. The van der Waals surface area contributed by atoms with Crippen LogP contribution in [0.5, 0.6) is 0 Å². The van der Waals surface area contributed by atoms with Crippen LogP contribution in [0.25, 0.3) is 0 Å². The number of halogens is 1. The van der Waals surface area contributed by atoms with Crippen LogP contribution in [0.2, 0.25) is 0 Å². The summed E-state index contributed by atoms with van der Waals surface area (Å²) < 4.78 is 24.6. The molecule has 94 valence electrons. The molecule has 1 fully saturated rings. The van der Waals surface area contributed by atoms with E-state index in [4.69, 9.17) is 9.47 Å². The van der Waals surface area contributed by atoms with Crippen LogP contribution in [0.15, 0.2) is 15.8 Å². The molecule has 2 atom stereocenters. The Morgan fingerprint density at radius 3 is 3.06 bits per heavy atom. The molecular weight excluding hydrogens is 231 g/mol. The Hall–Kier alpha value is -1.47. The standard InChI is InChI=1S/C10H13FN2O4/c1-16-5-6-2-3-8(17-6)13-4-7(11)9(14)12-10(13)15/h4,6,8H,2-3,5H2,1H3,(H,12,14,15). The minimum absolute atomic E-state index is 0.105. The minimum atomic E-state index is -1.02. The third kappa shape index (κ3) is 2.45. The van der Waals surface area contributed by atoms with E-state index >= 15 is 0 Å². The van der Waals surface area contributed by atoms with Crippen LogP contribution in [-0.2, 0) is 9.47 Å². The molecule has 0 amide bonds. The average Bonchev–Trinajstić information content (AvgIpc) is 2.72. The summed E-state index contributed by atoms with van der Waals surface area (Å²) in [5.74, 6) is -0.997. The van der Waals surface area contributed by atoms with Gasteiger partial charge in [-0.2, -0.15) is 4.39 Å². The molecular formula is C10H13FN2O4. The van der Waals surface area contributed by atoms with Crippen molar-refractivity contribution >= 4 is 0 Å². The van der Waals surface area contributed by atoms with Gasteiger partial charge >= 0.3 is 5.69 Å². The molecule has 1 aliphatic rings. The van der Waals surface area contributed by atoms with Crippen molar-refractivity contribution in [2.45, 2.75) is 25.2 Å². The topological polar surface area (TPSA) is 73.3 Å². The van der Waals surface area contributed by atoms with Crippen molar-refractivity contribution in [3.63, 3.8) is 0 Å². The zero-order valence-corrected chi connectivity index (χ0v) is 9.31. The summed E-state index contributed by atoms with van der Waals surface area (Å²) in [6.07, 6.45) is 1.53. The molecule has 1 aliphatic heterocycles. The Morgan fingerprint density at radius 1 is 1.59 bits per heavy atom. The van der Waals surface area contributed by atoms with E-state index < -0.39 is 23.3 Å². The lowest BCUT2D eigenvalue weighted by atomic mass is 10.2. The summed E-state index contributed by atoms with van der Waals surface area (Å²) in [5, 5.41) is 0. The molecule has 1 aromatic rings. The first kappa shape index (κ1) is 12.0. The smallest absolute Gasteiger partial charge is 0.330 e. The predicted molar refractivity (Wildman–Crippen MR) is 56.3 cm³/mol. The van der Waals surface area contributed by atoms with Crippen molar-refractivity contribution in [3.05, 3.63) is 32.9 Å². The molecule has 0 bridgehead atoms. The van der Waals surface area contributed by atoms with Gasteiger partial charge in [0.25, 0.3) is 5.56 Å². The Labute approximate surface area is 96.0 Å². The number of aromatic nitrogens is 2. The van der Waals surface area contributed by atoms with Crippen LogP contribution in [0.4, 0.5) is 4.39 Å². The molecule has 1 N–H and O–H groups in total. The van der Waals surface area contributed by atoms with Crippen molar-refractivity contribution in [2.24, 2.45) is 0 Å². The van der Waals surface area contributed by atoms with Crippen LogP contribution >= 0.6 is 0 Å². The van der Waals surface area contributed by atoms with Crippen molar-refractivity contribution < 1.29 is 13.9 Å². The van der Waals surface area contributed by atoms with Crippen molar-refractivity contribution in [3.8, 4) is 0 Å². The molecule has 1 saturated heterocycles. The van der Waals surface area contributed by atoms with Gasteiger partial charge in [0.1, 0.15) is 6.23 Å². The molecule has 0 saturated carbocycles. The largest absolute Gasteiger partial charge is 0.382 e. The van der Waals surface area contributed by atoms with E-state index in [1.54, 1.807) is 7.11 Å². The number of nitrogens with one attached hydrogen (secondary N) is 1. The van der Waals surface area contributed by atoms with E-state index in [1.165, 1.54) is 0 Å². The van der Waals surface area contributed by atoms with Gasteiger partial charge in [-0.25, -0.2) is 4.79 Å². The molecule has 6 nitrogen and oxygen atoms in total. The number of hydrogen-bond donors (Lipinski definition) is 1. The maximum atomic E-state index is 13.1. The Balaban J connectivity index is 2.22. The van der Waals surface area contributed by atoms with Crippen LogP contribution < -0.4 is 11.2 Å². The van der Waals surface area contributed by atoms with E-state index in [-0.39, 0.29) is 6.10 Å². The van der Waals surface area contributed by atoms with Crippen molar-refractivity contribution in [2.75, 3.05) is 13.7 Å². The first-order valence-corrected chi connectivity index (χ1v) is 5.27. The highest BCUT2D eigenvalue weighted by molar-refractivity contribution is 4.89. The fourth-order valence-corrected chi connectivity index (χ4v) is 1.87. The van der Waals surface area contributed by atoms with Gasteiger partial charge in [-0.3, -0.25) is 14.3 Å². The van der Waals surface area contributed by atoms with Gasteiger partial charge in [0.15, 0.2) is 0 Å². The number of aromatic amines is 1. The molecule has 0 spiro atoms. The maximum Gasteiger partial charge on any atom is 0.330 e. The van der Waals surface area contributed by atoms with E-state index in [0.717, 1.165) is 17.2 Å². The van der Waals surface area contributed by atoms with Crippen LogP contribution in [0.1, 0.15) is 19.1 Å². The molecule has 7 heteroatoms. The maximum absolute atomic E-state index is 13.1. The third-order valence-corrected chi connectivity index (χ3v) is 2.67. The summed E-state index contributed by atoms with van der Waals surface area (Å²) in [5.41, 5.74) is -1.68.